The van der Waals surface area contributed by atoms with Gasteiger partial charge in [-0.25, -0.2) is 4.68 Å². The first-order valence-corrected chi connectivity index (χ1v) is 7.91. The molecule has 0 aliphatic heterocycles. The van der Waals surface area contributed by atoms with Crippen LogP contribution in [0.15, 0.2) is 59.4 Å². The predicted octanol–water partition coefficient (Wildman–Crippen LogP) is 2.28. The molecule has 0 saturated carbocycles. The van der Waals surface area contributed by atoms with Crippen molar-refractivity contribution >= 4 is 10.8 Å². The molecule has 24 heavy (non-hydrogen) atoms. The molecule has 0 saturated heterocycles. The van der Waals surface area contributed by atoms with E-state index in [1.54, 1.807) is 6.07 Å². The van der Waals surface area contributed by atoms with Crippen LogP contribution in [0.1, 0.15) is 11.3 Å². The second kappa shape index (κ2) is 7.38. The van der Waals surface area contributed by atoms with Crippen LogP contribution in [-0.2, 0) is 17.9 Å². The third-order valence-corrected chi connectivity index (χ3v) is 3.86. The molecule has 0 fully saturated rings. The number of benzene rings is 2. The number of aryl methyl sites for hydroxylation is 1. The van der Waals surface area contributed by atoms with Gasteiger partial charge in [0.15, 0.2) is 0 Å². The lowest BCUT2D eigenvalue weighted by atomic mass is 10.1. The maximum absolute atomic E-state index is 12.5. The van der Waals surface area contributed by atoms with Crippen molar-refractivity contribution in [3.63, 3.8) is 0 Å². The molecule has 2 aromatic carbocycles. The van der Waals surface area contributed by atoms with Gasteiger partial charge in [0.1, 0.15) is 0 Å². The molecule has 5 heteroatoms. The first-order valence-electron chi connectivity index (χ1n) is 7.91. The highest BCUT2D eigenvalue weighted by Crippen LogP contribution is 2.12. The van der Waals surface area contributed by atoms with E-state index in [-0.39, 0.29) is 18.7 Å². The van der Waals surface area contributed by atoms with Gasteiger partial charge in [-0.2, -0.15) is 5.10 Å². The van der Waals surface area contributed by atoms with Crippen LogP contribution in [0, 0.1) is 6.92 Å². The molecule has 5 nitrogen and oxygen atoms in total. The highest BCUT2D eigenvalue weighted by atomic mass is 16.5. The van der Waals surface area contributed by atoms with Crippen LogP contribution in [0.2, 0.25) is 0 Å². The van der Waals surface area contributed by atoms with Crippen LogP contribution in [0.5, 0.6) is 0 Å². The van der Waals surface area contributed by atoms with E-state index in [1.807, 2.05) is 55.5 Å². The van der Waals surface area contributed by atoms with Crippen molar-refractivity contribution in [2.75, 3.05) is 6.61 Å². The zero-order valence-corrected chi connectivity index (χ0v) is 13.6. The van der Waals surface area contributed by atoms with Crippen molar-refractivity contribution in [1.29, 1.82) is 0 Å². The summed E-state index contributed by atoms with van der Waals surface area (Å²) < 4.78 is 6.83. The molecule has 1 aromatic heterocycles. The first kappa shape index (κ1) is 16.4. The van der Waals surface area contributed by atoms with Gasteiger partial charge in [0.05, 0.1) is 36.9 Å². The minimum Gasteiger partial charge on any atom is -0.389 e. The van der Waals surface area contributed by atoms with Crippen LogP contribution in [0.4, 0.5) is 0 Å². The van der Waals surface area contributed by atoms with Crippen LogP contribution in [0.3, 0.4) is 0 Å². The van der Waals surface area contributed by atoms with Crippen molar-refractivity contribution in [1.82, 2.24) is 9.78 Å². The van der Waals surface area contributed by atoms with Crippen molar-refractivity contribution in [3.8, 4) is 0 Å². The molecule has 3 rings (SSSR count). The lowest BCUT2D eigenvalue weighted by Crippen LogP contribution is -2.31. The second-order valence-electron chi connectivity index (χ2n) is 5.77. The predicted molar refractivity (Wildman–Crippen MR) is 92.8 cm³/mol. The van der Waals surface area contributed by atoms with Crippen molar-refractivity contribution in [3.05, 3.63) is 76.2 Å². The van der Waals surface area contributed by atoms with E-state index in [1.165, 1.54) is 4.68 Å². The number of aliphatic hydroxyl groups is 1. The van der Waals surface area contributed by atoms with Gasteiger partial charge in [0, 0.05) is 5.39 Å². The van der Waals surface area contributed by atoms with E-state index in [4.69, 9.17) is 4.74 Å². The Morgan fingerprint density at radius 3 is 2.50 bits per heavy atom. The Morgan fingerprint density at radius 1 is 1.08 bits per heavy atom. The summed E-state index contributed by atoms with van der Waals surface area (Å²) in [4.78, 5) is 12.5. The molecular formula is C19H20N2O3. The Hall–Kier alpha value is -2.50. The molecule has 0 radical (unpaired) electrons. The summed E-state index contributed by atoms with van der Waals surface area (Å²) in [5.41, 5.74) is 1.61. The smallest absolute Gasteiger partial charge is 0.274 e. The van der Waals surface area contributed by atoms with E-state index >= 15 is 0 Å². The van der Waals surface area contributed by atoms with E-state index in [2.05, 4.69) is 5.10 Å². The number of hydrogen-bond donors (Lipinski definition) is 1. The number of hydrogen-bond acceptors (Lipinski definition) is 4. The molecule has 0 aliphatic rings. The van der Waals surface area contributed by atoms with Crippen LogP contribution >= 0.6 is 0 Å². The van der Waals surface area contributed by atoms with Crippen molar-refractivity contribution < 1.29 is 9.84 Å². The summed E-state index contributed by atoms with van der Waals surface area (Å²) in [6.45, 7) is 2.54. The third kappa shape index (κ3) is 3.69. The number of aromatic nitrogens is 2. The summed E-state index contributed by atoms with van der Waals surface area (Å²) in [5.74, 6) is 0. The van der Waals surface area contributed by atoms with E-state index in [0.717, 1.165) is 16.6 Å². The van der Waals surface area contributed by atoms with Gasteiger partial charge in [-0.05, 0) is 18.6 Å². The summed E-state index contributed by atoms with van der Waals surface area (Å²) in [5, 5.41) is 15.9. The molecular weight excluding hydrogens is 304 g/mol. The fourth-order valence-corrected chi connectivity index (χ4v) is 2.67. The molecule has 0 amide bonds. The average molecular weight is 324 g/mol. The van der Waals surface area contributed by atoms with Gasteiger partial charge >= 0.3 is 0 Å². The number of ether oxygens (including phenoxy) is 1. The topological polar surface area (TPSA) is 64.3 Å². The third-order valence-electron chi connectivity index (χ3n) is 3.86. The number of aliphatic hydroxyl groups excluding tert-OH is 1. The zero-order chi connectivity index (χ0) is 16.9. The van der Waals surface area contributed by atoms with Crippen molar-refractivity contribution in [2.45, 2.75) is 26.2 Å². The molecule has 0 spiro atoms. The van der Waals surface area contributed by atoms with Crippen LogP contribution < -0.4 is 5.56 Å². The van der Waals surface area contributed by atoms with Crippen LogP contribution in [0.25, 0.3) is 10.8 Å². The van der Waals surface area contributed by atoms with Gasteiger partial charge in [-0.3, -0.25) is 4.79 Å². The van der Waals surface area contributed by atoms with Gasteiger partial charge in [0.2, 0.25) is 0 Å². The number of fused-ring (bicyclic) bond motifs is 1. The highest BCUT2D eigenvalue weighted by Gasteiger charge is 2.11. The fraction of sp³-hybridized carbons (Fsp3) is 0.263. The Labute approximate surface area is 140 Å². The Bertz CT molecular complexity index is 875. The standard InChI is InChI=1S/C19H20N2O3/c1-14-17-9-5-6-10-18(17)19(23)21(20-14)11-16(22)13-24-12-15-7-3-2-4-8-15/h2-10,16,22H,11-13H2,1H3/t16-/m1/s1. The van der Waals surface area contributed by atoms with E-state index < -0.39 is 6.10 Å². The van der Waals surface area contributed by atoms with Gasteiger partial charge in [-0.1, -0.05) is 48.5 Å². The molecule has 124 valence electrons. The SMILES string of the molecule is Cc1nn(C[C@@H](O)COCc2ccccc2)c(=O)c2ccccc12. The normalized spacial score (nSPS) is 12.4. The maximum Gasteiger partial charge on any atom is 0.274 e. The molecule has 1 N–H and O–H groups in total. The second-order valence-corrected chi connectivity index (χ2v) is 5.77. The van der Waals surface area contributed by atoms with E-state index in [0.29, 0.717) is 12.0 Å². The molecule has 0 unspecified atom stereocenters. The van der Waals surface area contributed by atoms with Gasteiger partial charge in [0.25, 0.3) is 5.56 Å². The first-order chi connectivity index (χ1) is 11.6. The lowest BCUT2D eigenvalue weighted by Gasteiger charge is -2.14. The Morgan fingerprint density at radius 2 is 1.75 bits per heavy atom. The minimum absolute atomic E-state index is 0.110. The molecule has 1 atom stereocenters. The quantitative estimate of drug-likeness (QED) is 0.755. The molecule has 3 aromatic rings. The molecule has 0 aliphatic carbocycles. The van der Waals surface area contributed by atoms with E-state index in [9.17, 15) is 9.90 Å². The Kier molecular flexibility index (Phi) is 5.03. The summed E-state index contributed by atoms with van der Waals surface area (Å²) in [7, 11) is 0. The fourth-order valence-electron chi connectivity index (χ4n) is 2.67. The summed E-state index contributed by atoms with van der Waals surface area (Å²) in [6, 6.07) is 17.1. The maximum atomic E-state index is 12.5. The molecule has 0 bridgehead atoms. The molecule has 1 heterocycles. The van der Waals surface area contributed by atoms with Crippen molar-refractivity contribution in [2.24, 2.45) is 0 Å². The lowest BCUT2D eigenvalue weighted by molar-refractivity contribution is 0.0180. The number of nitrogens with zero attached hydrogens (tertiary/aromatic N) is 2. The van der Waals surface area contributed by atoms with Gasteiger partial charge < -0.3 is 9.84 Å². The highest BCUT2D eigenvalue weighted by molar-refractivity contribution is 5.83. The Balaban J connectivity index is 1.66. The zero-order valence-electron chi connectivity index (χ0n) is 13.6. The minimum atomic E-state index is -0.792. The van der Waals surface area contributed by atoms with Crippen LogP contribution in [-0.4, -0.2) is 27.6 Å². The summed E-state index contributed by atoms with van der Waals surface area (Å²) >= 11 is 0. The monoisotopic (exact) mass is 324 g/mol. The number of rotatable bonds is 6. The summed E-state index contributed by atoms with van der Waals surface area (Å²) in [6.07, 6.45) is -0.792. The van der Waals surface area contributed by atoms with Gasteiger partial charge in [-0.15, -0.1) is 0 Å². The average Bonchev–Trinajstić information content (AvgIpc) is 2.60. The largest absolute Gasteiger partial charge is 0.389 e.